The lowest BCUT2D eigenvalue weighted by Crippen LogP contribution is -2.28. The molecule has 154 valence electrons. The summed E-state index contributed by atoms with van der Waals surface area (Å²) in [6.07, 6.45) is 0. The Labute approximate surface area is 174 Å². The maximum absolute atomic E-state index is 13.9. The Balaban J connectivity index is 1.73. The average molecular weight is 438 g/mol. The average Bonchev–Trinajstić information content (AvgIpc) is 3.13. The van der Waals surface area contributed by atoms with Crippen LogP contribution in [-0.2, 0) is 22.3 Å². The molecule has 0 radical (unpaired) electrons. The number of benzene rings is 2. The fourth-order valence-electron chi connectivity index (χ4n) is 2.71. The molecule has 0 aliphatic heterocycles. The Hall–Kier alpha value is -2.29. The molecule has 0 bridgehead atoms. The Morgan fingerprint density at radius 1 is 1.17 bits per heavy atom. The van der Waals surface area contributed by atoms with E-state index in [1.54, 1.807) is 0 Å². The van der Waals surface area contributed by atoms with Gasteiger partial charge in [0.15, 0.2) is 0 Å². The standard InChI is InChI=1S/C20H21ClFN3O3S/c1-13(2)14-7-9-15(10-8-14)20-23-19(28-24-20)11-25(3)29(26,27)12-16-17(21)5-4-6-18(16)22/h4-10,13H,11-12H2,1-3H3. The van der Waals surface area contributed by atoms with Gasteiger partial charge in [0.25, 0.3) is 0 Å². The van der Waals surface area contributed by atoms with Crippen LogP contribution in [0.2, 0.25) is 5.02 Å². The Morgan fingerprint density at radius 3 is 2.48 bits per heavy atom. The highest BCUT2D eigenvalue weighted by atomic mass is 35.5. The van der Waals surface area contributed by atoms with Gasteiger partial charge in [-0.25, -0.2) is 12.8 Å². The van der Waals surface area contributed by atoms with Crippen molar-refractivity contribution in [1.82, 2.24) is 14.4 Å². The van der Waals surface area contributed by atoms with Crippen molar-refractivity contribution >= 4 is 21.6 Å². The third kappa shape index (κ3) is 5.01. The van der Waals surface area contributed by atoms with Crippen LogP contribution >= 0.6 is 11.6 Å². The van der Waals surface area contributed by atoms with Crippen molar-refractivity contribution in [3.8, 4) is 11.4 Å². The second kappa shape index (κ2) is 8.61. The highest BCUT2D eigenvalue weighted by Gasteiger charge is 2.24. The predicted molar refractivity (Wildman–Crippen MR) is 109 cm³/mol. The van der Waals surface area contributed by atoms with Crippen LogP contribution in [0.25, 0.3) is 11.4 Å². The summed E-state index contributed by atoms with van der Waals surface area (Å²) < 4.78 is 45.4. The maximum Gasteiger partial charge on any atom is 0.242 e. The minimum Gasteiger partial charge on any atom is -0.338 e. The molecular formula is C20H21ClFN3O3S. The summed E-state index contributed by atoms with van der Waals surface area (Å²) in [6, 6.07) is 11.8. The number of halogens is 2. The number of hydrogen-bond acceptors (Lipinski definition) is 5. The Kier molecular flexibility index (Phi) is 6.36. The van der Waals surface area contributed by atoms with Crippen LogP contribution in [0.5, 0.6) is 0 Å². The highest BCUT2D eigenvalue weighted by Crippen LogP contribution is 2.24. The van der Waals surface area contributed by atoms with E-state index in [0.717, 1.165) is 9.87 Å². The molecule has 0 N–H and O–H groups in total. The molecule has 0 unspecified atom stereocenters. The topological polar surface area (TPSA) is 76.3 Å². The molecule has 0 atom stereocenters. The fraction of sp³-hybridized carbons (Fsp3) is 0.300. The van der Waals surface area contributed by atoms with E-state index in [-0.39, 0.29) is 23.0 Å². The van der Waals surface area contributed by atoms with Crippen LogP contribution in [-0.4, -0.2) is 29.9 Å². The summed E-state index contributed by atoms with van der Waals surface area (Å²) >= 11 is 5.94. The third-order valence-corrected chi connectivity index (χ3v) is 6.61. The number of rotatable bonds is 7. The molecule has 0 spiro atoms. The molecule has 3 rings (SSSR count). The van der Waals surface area contributed by atoms with Crippen LogP contribution in [0.15, 0.2) is 47.0 Å². The molecule has 0 aliphatic carbocycles. The molecule has 1 heterocycles. The van der Waals surface area contributed by atoms with Crippen LogP contribution in [0.1, 0.15) is 36.8 Å². The zero-order chi connectivity index (χ0) is 21.2. The van der Waals surface area contributed by atoms with Gasteiger partial charge in [-0.3, -0.25) is 0 Å². The molecule has 0 aliphatic rings. The van der Waals surface area contributed by atoms with Crippen LogP contribution in [0, 0.1) is 5.82 Å². The van der Waals surface area contributed by atoms with Gasteiger partial charge in [0.2, 0.25) is 21.7 Å². The lowest BCUT2D eigenvalue weighted by molar-refractivity contribution is 0.336. The number of aromatic nitrogens is 2. The van der Waals surface area contributed by atoms with Gasteiger partial charge in [-0.15, -0.1) is 0 Å². The number of sulfonamides is 1. The second-order valence-corrected chi connectivity index (χ2v) is 9.48. The van der Waals surface area contributed by atoms with E-state index in [2.05, 4.69) is 24.0 Å². The second-order valence-electron chi connectivity index (χ2n) is 7.00. The molecule has 1 aromatic heterocycles. The minimum absolute atomic E-state index is 0.0619. The van der Waals surface area contributed by atoms with Gasteiger partial charge in [-0.2, -0.15) is 9.29 Å². The van der Waals surface area contributed by atoms with E-state index in [0.29, 0.717) is 11.7 Å². The van der Waals surface area contributed by atoms with Gasteiger partial charge < -0.3 is 4.52 Å². The Bertz CT molecular complexity index is 1080. The van der Waals surface area contributed by atoms with E-state index in [1.165, 1.54) is 30.8 Å². The third-order valence-electron chi connectivity index (χ3n) is 4.52. The highest BCUT2D eigenvalue weighted by molar-refractivity contribution is 7.88. The molecule has 6 nitrogen and oxygen atoms in total. The molecule has 0 saturated carbocycles. The zero-order valence-corrected chi connectivity index (χ0v) is 17.8. The first kappa shape index (κ1) is 21.4. The van der Waals surface area contributed by atoms with Gasteiger partial charge in [0.05, 0.1) is 12.3 Å². The quantitative estimate of drug-likeness (QED) is 0.539. The van der Waals surface area contributed by atoms with Crippen LogP contribution < -0.4 is 0 Å². The summed E-state index contributed by atoms with van der Waals surface area (Å²) in [5.41, 5.74) is 1.89. The first-order chi connectivity index (χ1) is 13.7. The molecule has 0 saturated heterocycles. The first-order valence-electron chi connectivity index (χ1n) is 8.97. The van der Waals surface area contributed by atoms with Gasteiger partial charge in [0.1, 0.15) is 5.82 Å². The number of nitrogens with zero attached hydrogens (tertiary/aromatic N) is 3. The van der Waals surface area contributed by atoms with Gasteiger partial charge in [0, 0.05) is 23.2 Å². The summed E-state index contributed by atoms with van der Waals surface area (Å²) in [4.78, 5) is 4.27. The normalized spacial score (nSPS) is 12.1. The van der Waals surface area contributed by atoms with Crippen molar-refractivity contribution in [3.05, 3.63) is 70.3 Å². The van der Waals surface area contributed by atoms with Crippen molar-refractivity contribution in [2.75, 3.05) is 7.05 Å². The summed E-state index contributed by atoms with van der Waals surface area (Å²) in [5.74, 6) is -0.310. The molecule has 0 fully saturated rings. The SMILES string of the molecule is CC(C)c1ccc(-c2noc(CN(C)S(=O)(=O)Cc3c(F)cccc3Cl)n2)cc1. The molecule has 29 heavy (non-hydrogen) atoms. The first-order valence-corrected chi connectivity index (χ1v) is 11.0. The van der Waals surface area contributed by atoms with Crippen molar-refractivity contribution in [2.45, 2.75) is 32.1 Å². The van der Waals surface area contributed by atoms with E-state index in [1.807, 2.05) is 24.3 Å². The molecule has 0 amide bonds. The largest absolute Gasteiger partial charge is 0.338 e. The maximum atomic E-state index is 13.9. The summed E-state index contributed by atoms with van der Waals surface area (Å²) in [7, 11) is -2.48. The van der Waals surface area contributed by atoms with E-state index in [9.17, 15) is 12.8 Å². The van der Waals surface area contributed by atoms with Crippen molar-refractivity contribution in [2.24, 2.45) is 0 Å². The Morgan fingerprint density at radius 2 is 1.86 bits per heavy atom. The van der Waals surface area contributed by atoms with E-state index in [4.69, 9.17) is 16.1 Å². The smallest absolute Gasteiger partial charge is 0.242 e. The molecule has 3 aromatic rings. The lowest BCUT2D eigenvalue weighted by atomic mass is 10.0. The lowest BCUT2D eigenvalue weighted by Gasteiger charge is -2.16. The molecular weight excluding hydrogens is 417 g/mol. The zero-order valence-electron chi connectivity index (χ0n) is 16.3. The summed E-state index contributed by atoms with van der Waals surface area (Å²) in [6.45, 7) is 4.07. The van der Waals surface area contributed by atoms with Gasteiger partial charge in [-0.1, -0.05) is 60.9 Å². The van der Waals surface area contributed by atoms with Crippen molar-refractivity contribution in [1.29, 1.82) is 0 Å². The van der Waals surface area contributed by atoms with Gasteiger partial charge in [-0.05, 0) is 23.6 Å². The minimum atomic E-state index is -3.85. The fourth-order valence-corrected chi connectivity index (χ4v) is 4.20. The van der Waals surface area contributed by atoms with Gasteiger partial charge >= 0.3 is 0 Å². The summed E-state index contributed by atoms with van der Waals surface area (Å²) in [5, 5.41) is 3.98. The molecule has 2 aromatic carbocycles. The predicted octanol–water partition coefficient (Wildman–Crippen LogP) is 4.61. The van der Waals surface area contributed by atoms with E-state index < -0.39 is 21.6 Å². The van der Waals surface area contributed by atoms with E-state index >= 15 is 0 Å². The number of hydrogen-bond donors (Lipinski definition) is 0. The molecule has 9 heteroatoms. The van der Waals surface area contributed by atoms with Crippen molar-refractivity contribution < 1.29 is 17.3 Å². The van der Waals surface area contributed by atoms with Crippen LogP contribution in [0.3, 0.4) is 0 Å². The van der Waals surface area contributed by atoms with Crippen LogP contribution in [0.4, 0.5) is 4.39 Å². The van der Waals surface area contributed by atoms with Crippen molar-refractivity contribution in [3.63, 3.8) is 0 Å². The monoisotopic (exact) mass is 437 g/mol.